The van der Waals surface area contributed by atoms with Crippen molar-refractivity contribution in [2.75, 3.05) is 17.3 Å². The van der Waals surface area contributed by atoms with Crippen LogP contribution in [0.1, 0.15) is 48.2 Å². The van der Waals surface area contributed by atoms with E-state index in [1.165, 1.54) is 40.3 Å². The zero-order valence-corrected chi connectivity index (χ0v) is 25.3. The van der Waals surface area contributed by atoms with Gasteiger partial charge in [-0.2, -0.15) is 0 Å². The average Bonchev–Trinajstić information content (AvgIpc) is 3.43. The molecule has 0 spiro atoms. The zero-order valence-electron chi connectivity index (χ0n) is 24.5. The first kappa shape index (κ1) is 31.0. The topological polar surface area (TPSA) is 72.9 Å². The summed E-state index contributed by atoms with van der Waals surface area (Å²) in [5.74, 6) is -1.18. The van der Waals surface area contributed by atoms with Crippen LogP contribution < -0.4 is 9.64 Å². The summed E-state index contributed by atoms with van der Waals surface area (Å²) in [4.78, 5) is 40.2. The number of hydrogen-bond donors (Lipinski definition) is 0. The normalized spacial score (nSPS) is 15.6. The molecule has 5 rings (SSSR count). The van der Waals surface area contributed by atoms with Gasteiger partial charge in [-0.1, -0.05) is 56.3 Å². The largest absolute Gasteiger partial charge is 0.457 e. The van der Waals surface area contributed by atoms with Crippen molar-refractivity contribution in [3.63, 3.8) is 0 Å². The molecule has 0 bridgehead atoms. The summed E-state index contributed by atoms with van der Waals surface area (Å²) in [6.45, 7) is 4.49. The number of esters is 1. The SMILES string of the molecule is CC(C)(c1ccccc1)c1ccc(Oc2ccc(N3C[C@@H](C(=O)O[C@@H](CCCl)C(=O)c4ccc(F)cc4)CC3=O)cc2)cc1. The summed E-state index contributed by atoms with van der Waals surface area (Å²) < 4.78 is 24.9. The Morgan fingerprint density at radius 3 is 2.09 bits per heavy atom. The molecule has 2 atom stereocenters. The average molecular weight is 614 g/mol. The van der Waals surface area contributed by atoms with Crippen LogP contribution in [-0.4, -0.2) is 36.2 Å². The third-order valence-electron chi connectivity index (χ3n) is 7.96. The minimum atomic E-state index is -1.12. The van der Waals surface area contributed by atoms with Gasteiger partial charge in [0.1, 0.15) is 17.3 Å². The molecular weight excluding hydrogens is 581 g/mol. The Kier molecular flexibility index (Phi) is 9.45. The predicted octanol–water partition coefficient (Wildman–Crippen LogP) is 7.72. The summed E-state index contributed by atoms with van der Waals surface area (Å²) in [5, 5.41) is 0. The first-order chi connectivity index (χ1) is 21.2. The number of carbonyl (C=O) groups is 3. The van der Waals surface area contributed by atoms with Gasteiger partial charge in [-0.3, -0.25) is 14.4 Å². The van der Waals surface area contributed by atoms with Gasteiger partial charge in [-0.25, -0.2) is 4.39 Å². The molecule has 1 heterocycles. The van der Waals surface area contributed by atoms with E-state index in [0.29, 0.717) is 17.2 Å². The fourth-order valence-electron chi connectivity index (χ4n) is 5.29. The predicted molar refractivity (Wildman–Crippen MR) is 168 cm³/mol. The van der Waals surface area contributed by atoms with Crippen LogP contribution in [0.15, 0.2) is 103 Å². The van der Waals surface area contributed by atoms with Gasteiger partial charge in [0.25, 0.3) is 0 Å². The van der Waals surface area contributed by atoms with E-state index in [-0.39, 0.29) is 42.2 Å². The zero-order chi connectivity index (χ0) is 31.3. The molecule has 0 unspecified atom stereocenters. The molecule has 0 saturated carbocycles. The van der Waals surface area contributed by atoms with Gasteiger partial charge in [0.05, 0.1) is 5.92 Å². The quantitative estimate of drug-likeness (QED) is 0.0984. The summed E-state index contributed by atoms with van der Waals surface area (Å²) in [7, 11) is 0. The Morgan fingerprint density at radius 1 is 0.886 bits per heavy atom. The van der Waals surface area contributed by atoms with Crippen molar-refractivity contribution < 1.29 is 28.2 Å². The molecule has 0 aliphatic carbocycles. The van der Waals surface area contributed by atoms with Crippen molar-refractivity contribution in [1.29, 1.82) is 0 Å². The van der Waals surface area contributed by atoms with Crippen LogP contribution in [0.5, 0.6) is 11.5 Å². The first-order valence-electron chi connectivity index (χ1n) is 14.5. The Morgan fingerprint density at radius 2 is 1.48 bits per heavy atom. The minimum Gasteiger partial charge on any atom is -0.457 e. The van der Waals surface area contributed by atoms with E-state index in [4.69, 9.17) is 21.1 Å². The van der Waals surface area contributed by atoms with Crippen LogP contribution in [0.25, 0.3) is 0 Å². The van der Waals surface area contributed by atoms with Crippen molar-refractivity contribution in [2.45, 2.75) is 38.2 Å². The van der Waals surface area contributed by atoms with Gasteiger partial charge < -0.3 is 14.4 Å². The van der Waals surface area contributed by atoms with Gasteiger partial charge in [-0.05, 0) is 71.8 Å². The van der Waals surface area contributed by atoms with Crippen LogP contribution >= 0.6 is 11.6 Å². The molecule has 0 aromatic heterocycles. The van der Waals surface area contributed by atoms with Crippen molar-refractivity contribution in [1.82, 2.24) is 0 Å². The number of rotatable bonds is 11. The lowest BCUT2D eigenvalue weighted by Gasteiger charge is -2.26. The number of Topliss-reactive ketones (excluding diaryl/α,β-unsaturated/α-hetero) is 1. The van der Waals surface area contributed by atoms with Gasteiger partial charge in [0.2, 0.25) is 11.7 Å². The number of carbonyl (C=O) groups excluding carboxylic acids is 3. The maximum atomic E-state index is 13.3. The highest BCUT2D eigenvalue weighted by Gasteiger charge is 2.38. The number of halogens is 2. The van der Waals surface area contributed by atoms with Crippen LogP contribution in [0.3, 0.4) is 0 Å². The Bertz CT molecular complexity index is 1610. The standard InChI is InChI=1S/C36H33ClFNO5/c1-36(2,26-6-4-3-5-7-26)27-10-16-30(17-11-27)43-31-18-14-29(15-19-31)39-23-25(22-33(39)40)35(42)44-32(20-21-37)34(41)24-8-12-28(38)13-9-24/h3-19,25,32H,20-23H2,1-2H3/t25-,32-/m0/s1. The maximum Gasteiger partial charge on any atom is 0.312 e. The minimum absolute atomic E-state index is 0.0406. The van der Waals surface area contributed by atoms with Crippen molar-refractivity contribution in [3.05, 3.63) is 126 Å². The molecule has 1 aliphatic heterocycles. The van der Waals surface area contributed by atoms with Crippen molar-refractivity contribution in [2.24, 2.45) is 5.92 Å². The summed E-state index contributed by atoms with van der Waals surface area (Å²) in [5.41, 5.74) is 3.08. The van der Waals surface area contributed by atoms with E-state index in [1.54, 1.807) is 24.3 Å². The van der Waals surface area contributed by atoms with Gasteiger partial charge in [-0.15, -0.1) is 11.6 Å². The lowest BCUT2D eigenvalue weighted by molar-refractivity contribution is -0.151. The molecule has 4 aromatic rings. The van der Waals surface area contributed by atoms with Crippen LogP contribution in [0.2, 0.25) is 0 Å². The molecule has 1 fully saturated rings. The van der Waals surface area contributed by atoms with Crippen LogP contribution in [0.4, 0.5) is 10.1 Å². The summed E-state index contributed by atoms with van der Waals surface area (Å²) in [6.07, 6.45) is -1.06. The third-order valence-corrected chi connectivity index (χ3v) is 8.18. The fraction of sp³-hybridized carbons (Fsp3) is 0.250. The van der Waals surface area contributed by atoms with Crippen molar-refractivity contribution >= 4 is 34.9 Å². The number of hydrogen-bond acceptors (Lipinski definition) is 5. The van der Waals surface area contributed by atoms with Gasteiger partial charge in [0, 0.05) is 41.9 Å². The number of benzene rings is 4. The maximum absolute atomic E-state index is 13.3. The highest BCUT2D eigenvalue weighted by molar-refractivity contribution is 6.18. The van der Waals surface area contributed by atoms with E-state index in [0.717, 1.165) is 0 Å². The van der Waals surface area contributed by atoms with Crippen LogP contribution in [-0.2, 0) is 19.7 Å². The second kappa shape index (κ2) is 13.4. The number of anilines is 1. The highest BCUT2D eigenvalue weighted by atomic mass is 35.5. The number of amides is 1. The highest BCUT2D eigenvalue weighted by Crippen LogP contribution is 2.34. The first-order valence-corrected chi connectivity index (χ1v) is 15.0. The Balaban J connectivity index is 1.19. The molecule has 44 heavy (non-hydrogen) atoms. The van der Waals surface area contributed by atoms with Crippen molar-refractivity contribution in [3.8, 4) is 11.5 Å². The van der Waals surface area contributed by atoms with E-state index >= 15 is 0 Å². The Labute approximate surface area is 261 Å². The number of ether oxygens (including phenoxy) is 2. The number of ketones is 1. The molecule has 1 aliphatic rings. The lowest BCUT2D eigenvalue weighted by atomic mass is 9.78. The summed E-state index contributed by atoms with van der Waals surface area (Å²) in [6, 6.07) is 30.4. The Hall–Kier alpha value is -4.49. The molecule has 0 radical (unpaired) electrons. The third kappa shape index (κ3) is 7.00. The molecule has 8 heteroatoms. The molecule has 0 N–H and O–H groups in total. The van der Waals surface area contributed by atoms with E-state index in [2.05, 4.69) is 38.1 Å². The molecule has 4 aromatic carbocycles. The number of alkyl halides is 1. The number of nitrogens with zero attached hydrogens (tertiary/aromatic N) is 1. The van der Waals surface area contributed by atoms with E-state index in [1.807, 2.05) is 30.3 Å². The monoisotopic (exact) mass is 613 g/mol. The van der Waals surface area contributed by atoms with Gasteiger partial charge in [0.15, 0.2) is 6.10 Å². The molecular formula is C36H33ClFNO5. The second-order valence-electron chi connectivity index (χ2n) is 11.3. The molecule has 226 valence electrons. The van der Waals surface area contributed by atoms with E-state index < -0.39 is 29.6 Å². The van der Waals surface area contributed by atoms with Gasteiger partial charge >= 0.3 is 5.97 Å². The molecule has 1 saturated heterocycles. The fourth-order valence-corrected chi connectivity index (χ4v) is 5.48. The molecule has 6 nitrogen and oxygen atoms in total. The second-order valence-corrected chi connectivity index (χ2v) is 11.7. The smallest absolute Gasteiger partial charge is 0.312 e. The summed E-state index contributed by atoms with van der Waals surface area (Å²) >= 11 is 5.86. The van der Waals surface area contributed by atoms with E-state index in [9.17, 15) is 18.8 Å². The lowest BCUT2D eigenvalue weighted by Crippen LogP contribution is -2.32. The molecule has 1 amide bonds. The van der Waals surface area contributed by atoms with Crippen LogP contribution in [0, 0.1) is 11.7 Å².